The van der Waals surface area contributed by atoms with E-state index >= 15 is 0 Å². The van der Waals surface area contributed by atoms with Crippen LogP contribution in [-0.4, -0.2) is 11.6 Å². The molecule has 0 saturated heterocycles. The highest BCUT2D eigenvalue weighted by atomic mass is 79.9. The number of rotatable bonds is 1. The average Bonchev–Trinajstić information content (AvgIpc) is 2.20. The SMILES string of the molecule is C/C(=N\C(=O)C(C)(C)C)c1cc(Br)ccc1F. The summed E-state index contributed by atoms with van der Waals surface area (Å²) in [7, 11) is 0. The van der Waals surface area contributed by atoms with Gasteiger partial charge in [-0.25, -0.2) is 9.38 Å². The molecule has 2 nitrogen and oxygen atoms in total. The van der Waals surface area contributed by atoms with Gasteiger partial charge in [-0.2, -0.15) is 0 Å². The van der Waals surface area contributed by atoms with E-state index in [2.05, 4.69) is 20.9 Å². The molecule has 1 aromatic rings. The molecule has 0 aromatic heterocycles. The highest BCUT2D eigenvalue weighted by molar-refractivity contribution is 9.10. The van der Waals surface area contributed by atoms with Gasteiger partial charge in [-0.05, 0) is 25.1 Å². The summed E-state index contributed by atoms with van der Waals surface area (Å²) in [6, 6.07) is 4.57. The van der Waals surface area contributed by atoms with Crippen LogP contribution in [0, 0.1) is 11.2 Å². The number of carbonyl (C=O) groups excluding carboxylic acids is 1. The van der Waals surface area contributed by atoms with Gasteiger partial charge >= 0.3 is 0 Å². The highest BCUT2D eigenvalue weighted by Gasteiger charge is 2.21. The summed E-state index contributed by atoms with van der Waals surface area (Å²) in [4.78, 5) is 15.7. The molecule has 1 rings (SSSR count). The van der Waals surface area contributed by atoms with E-state index in [1.807, 2.05) is 0 Å². The van der Waals surface area contributed by atoms with Crippen molar-refractivity contribution in [2.75, 3.05) is 0 Å². The first kappa shape index (κ1) is 14.0. The van der Waals surface area contributed by atoms with Crippen LogP contribution in [0.5, 0.6) is 0 Å². The maximum atomic E-state index is 13.6. The standard InChI is InChI=1S/C13H15BrFNO/c1-8(16-12(17)13(2,3)4)10-7-9(14)5-6-11(10)15/h5-7H,1-4H3/b16-8+. The molecule has 0 atom stereocenters. The quantitative estimate of drug-likeness (QED) is 0.722. The zero-order chi connectivity index (χ0) is 13.2. The van der Waals surface area contributed by atoms with Crippen molar-refractivity contribution < 1.29 is 9.18 Å². The molecule has 0 bridgehead atoms. The third-order valence-electron chi connectivity index (χ3n) is 2.23. The van der Waals surface area contributed by atoms with Crippen LogP contribution >= 0.6 is 15.9 Å². The predicted octanol–water partition coefficient (Wildman–Crippen LogP) is 3.97. The smallest absolute Gasteiger partial charge is 0.251 e. The highest BCUT2D eigenvalue weighted by Crippen LogP contribution is 2.19. The van der Waals surface area contributed by atoms with Gasteiger partial charge in [0.05, 0.1) is 5.71 Å². The van der Waals surface area contributed by atoms with Gasteiger partial charge in [-0.15, -0.1) is 0 Å². The van der Waals surface area contributed by atoms with Crippen molar-refractivity contribution in [3.63, 3.8) is 0 Å². The summed E-state index contributed by atoms with van der Waals surface area (Å²) in [5.41, 5.74) is 0.185. The number of nitrogens with zero attached hydrogens (tertiary/aromatic N) is 1. The van der Waals surface area contributed by atoms with Crippen LogP contribution in [0.25, 0.3) is 0 Å². The van der Waals surface area contributed by atoms with E-state index in [-0.39, 0.29) is 11.7 Å². The molecule has 0 saturated carbocycles. The van der Waals surface area contributed by atoms with E-state index in [1.165, 1.54) is 6.07 Å². The zero-order valence-corrected chi connectivity index (χ0v) is 11.9. The Morgan fingerprint density at radius 3 is 2.47 bits per heavy atom. The van der Waals surface area contributed by atoms with E-state index in [4.69, 9.17) is 0 Å². The number of amides is 1. The van der Waals surface area contributed by atoms with E-state index < -0.39 is 5.41 Å². The lowest BCUT2D eigenvalue weighted by Gasteiger charge is -2.13. The van der Waals surface area contributed by atoms with Crippen molar-refractivity contribution >= 4 is 27.5 Å². The second-order valence-electron chi connectivity index (χ2n) is 4.88. The molecule has 0 aliphatic rings. The van der Waals surface area contributed by atoms with E-state index in [1.54, 1.807) is 39.8 Å². The Morgan fingerprint density at radius 1 is 1.35 bits per heavy atom. The average molecular weight is 300 g/mol. The van der Waals surface area contributed by atoms with Crippen LogP contribution in [0.4, 0.5) is 4.39 Å². The predicted molar refractivity (Wildman–Crippen MR) is 70.8 cm³/mol. The van der Waals surface area contributed by atoms with Crippen LogP contribution in [0.3, 0.4) is 0 Å². The van der Waals surface area contributed by atoms with Crippen molar-refractivity contribution in [2.24, 2.45) is 10.4 Å². The summed E-state index contributed by atoms with van der Waals surface area (Å²) in [5.74, 6) is -0.634. The molecule has 17 heavy (non-hydrogen) atoms. The van der Waals surface area contributed by atoms with Gasteiger partial charge in [0.15, 0.2) is 0 Å². The molecule has 92 valence electrons. The molecule has 0 heterocycles. The van der Waals surface area contributed by atoms with Crippen molar-refractivity contribution in [3.05, 3.63) is 34.1 Å². The monoisotopic (exact) mass is 299 g/mol. The van der Waals surface area contributed by atoms with Crippen molar-refractivity contribution in [1.29, 1.82) is 0 Å². The van der Waals surface area contributed by atoms with Gasteiger partial charge < -0.3 is 0 Å². The molecule has 0 aliphatic carbocycles. The molecule has 0 N–H and O–H groups in total. The van der Waals surface area contributed by atoms with E-state index in [9.17, 15) is 9.18 Å². The number of benzene rings is 1. The number of aliphatic imine (C=N–C) groups is 1. The van der Waals surface area contributed by atoms with Crippen molar-refractivity contribution in [1.82, 2.24) is 0 Å². The summed E-state index contributed by atoms with van der Waals surface area (Å²) < 4.78 is 14.3. The maximum Gasteiger partial charge on any atom is 0.251 e. The fourth-order valence-corrected chi connectivity index (χ4v) is 1.52. The summed E-state index contributed by atoms with van der Waals surface area (Å²) in [5, 5.41) is 0. The van der Waals surface area contributed by atoms with Gasteiger partial charge in [-0.3, -0.25) is 4.79 Å². The number of halogens is 2. The second kappa shape index (κ2) is 5.08. The van der Waals surface area contributed by atoms with Crippen LogP contribution < -0.4 is 0 Å². The second-order valence-corrected chi connectivity index (χ2v) is 5.79. The number of carbonyl (C=O) groups is 1. The van der Waals surface area contributed by atoms with Gasteiger partial charge in [0.1, 0.15) is 5.82 Å². The normalized spacial score (nSPS) is 12.7. The Hall–Kier alpha value is -1.03. The van der Waals surface area contributed by atoms with Gasteiger partial charge in [0.2, 0.25) is 0 Å². The molecule has 0 radical (unpaired) electrons. The minimum atomic E-state index is -0.552. The molecular weight excluding hydrogens is 285 g/mol. The molecule has 1 amide bonds. The van der Waals surface area contributed by atoms with Gasteiger partial charge in [0, 0.05) is 15.5 Å². The Bertz CT molecular complexity index is 475. The van der Waals surface area contributed by atoms with E-state index in [0.717, 1.165) is 4.47 Å². The lowest BCUT2D eigenvalue weighted by Crippen LogP contribution is -2.19. The minimum Gasteiger partial charge on any atom is -0.272 e. The maximum absolute atomic E-state index is 13.6. The fraction of sp³-hybridized carbons (Fsp3) is 0.385. The lowest BCUT2D eigenvalue weighted by molar-refractivity contribution is -0.124. The van der Waals surface area contributed by atoms with Crippen molar-refractivity contribution in [3.8, 4) is 0 Å². The number of hydrogen-bond donors (Lipinski definition) is 0. The van der Waals surface area contributed by atoms with Crippen LogP contribution in [0.1, 0.15) is 33.3 Å². The Balaban J connectivity index is 3.12. The lowest BCUT2D eigenvalue weighted by atomic mass is 9.96. The number of hydrogen-bond acceptors (Lipinski definition) is 1. The minimum absolute atomic E-state index is 0.255. The Morgan fingerprint density at radius 2 is 1.94 bits per heavy atom. The molecule has 0 unspecified atom stereocenters. The third-order valence-corrected chi connectivity index (χ3v) is 2.72. The first-order chi connectivity index (χ1) is 7.71. The molecule has 1 aromatic carbocycles. The van der Waals surface area contributed by atoms with Crippen molar-refractivity contribution in [2.45, 2.75) is 27.7 Å². The van der Waals surface area contributed by atoms with Crippen LogP contribution in [0.15, 0.2) is 27.7 Å². The first-order valence-electron chi connectivity index (χ1n) is 5.27. The first-order valence-corrected chi connectivity index (χ1v) is 6.06. The zero-order valence-electron chi connectivity index (χ0n) is 10.3. The van der Waals surface area contributed by atoms with Gasteiger partial charge in [0.25, 0.3) is 5.91 Å². The summed E-state index contributed by atoms with van der Waals surface area (Å²) in [6.07, 6.45) is 0. The topological polar surface area (TPSA) is 29.4 Å². The molecule has 0 fully saturated rings. The third kappa shape index (κ3) is 3.73. The largest absolute Gasteiger partial charge is 0.272 e. The molecule has 0 spiro atoms. The van der Waals surface area contributed by atoms with E-state index in [0.29, 0.717) is 11.3 Å². The molecular formula is C13H15BrFNO. The Kier molecular flexibility index (Phi) is 4.20. The van der Waals surface area contributed by atoms with Gasteiger partial charge in [-0.1, -0.05) is 36.7 Å². The van der Waals surface area contributed by atoms with Crippen LogP contribution in [-0.2, 0) is 4.79 Å². The van der Waals surface area contributed by atoms with Crippen LogP contribution in [0.2, 0.25) is 0 Å². The molecule has 0 aliphatic heterocycles. The summed E-state index contributed by atoms with van der Waals surface area (Å²) in [6.45, 7) is 6.98. The Labute approximate surface area is 109 Å². The summed E-state index contributed by atoms with van der Waals surface area (Å²) >= 11 is 3.26. The fourth-order valence-electron chi connectivity index (χ4n) is 1.16. The molecule has 4 heteroatoms.